The average molecular weight is 214 g/mol. The number of hydrogen-bond donors (Lipinski definition) is 2. The third kappa shape index (κ3) is 9.42. The Morgan fingerprint density at radius 3 is 1.12 bits per heavy atom. The van der Waals surface area contributed by atoms with Crippen LogP contribution in [-0.4, -0.2) is 22.2 Å². The van der Waals surface area contributed by atoms with Gasteiger partial charge in [0, 0.05) is 36.3 Å². The van der Waals surface area contributed by atoms with Crippen molar-refractivity contribution in [1.82, 2.24) is 0 Å². The Bertz CT molecular complexity index is 80.0. The maximum atomic E-state index is 9.10. The van der Waals surface area contributed by atoms with Crippen molar-refractivity contribution in [3.63, 3.8) is 0 Å². The second kappa shape index (κ2) is 7.07. The van der Waals surface area contributed by atoms with Gasteiger partial charge in [0.15, 0.2) is 0 Å². The van der Waals surface area contributed by atoms with E-state index in [1.165, 1.54) is 0 Å². The topological polar surface area (TPSA) is 74.6 Å². The number of aliphatic carboxylic acids is 2. The Hall–Kier alpha value is 0.0699. The molecule has 0 aromatic heterocycles. The molecule has 0 rings (SSSR count). The number of rotatable bonds is 0. The summed E-state index contributed by atoms with van der Waals surface area (Å²) < 4.78 is 0. The van der Waals surface area contributed by atoms with E-state index in [-0.39, 0.29) is 36.3 Å². The van der Waals surface area contributed by atoms with Gasteiger partial charge in [-0.1, -0.05) is 0 Å². The Labute approximate surface area is 68.2 Å². The van der Waals surface area contributed by atoms with Crippen LogP contribution in [0.5, 0.6) is 0 Å². The quantitative estimate of drug-likeness (QED) is 0.407. The molecule has 0 aliphatic carbocycles. The van der Waals surface area contributed by atoms with Gasteiger partial charge in [0.05, 0.1) is 0 Å². The molecule has 1 radical (unpaired) electrons. The first-order valence-electron chi connectivity index (χ1n) is 1.11. The van der Waals surface area contributed by atoms with Crippen LogP contribution >= 0.6 is 0 Å². The second-order valence-electron chi connectivity index (χ2n) is 0.610. The fourth-order valence-corrected chi connectivity index (χ4v) is 0. The normalized spacial score (nSPS) is 5.50. The Balaban J connectivity index is -0.000000125. The number of carboxylic acids is 2. The third-order valence-electron chi connectivity index (χ3n) is 0.183. The van der Waals surface area contributed by atoms with Gasteiger partial charge in [-0.3, -0.25) is 0 Å². The SMILES string of the molecule is O=C(O)C(=O)O.[Co].[Zn]. The van der Waals surface area contributed by atoms with Gasteiger partial charge in [0.2, 0.25) is 0 Å². The Morgan fingerprint density at radius 2 is 1.12 bits per heavy atom. The van der Waals surface area contributed by atoms with E-state index in [1.807, 2.05) is 0 Å². The van der Waals surface area contributed by atoms with Crippen molar-refractivity contribution in [2.75, 3.05) is 0 Å². The van der Waals surface area contributed by atoms with Crippen LogP contribution in [0.2, 0.25) is 0 Å². The van der Waals surface area contributed by atoms with Gasteiger partial charge in [-0.2, -0.15) is 0 Å². The van der Waals surface area contributed by atoms with Crippen molar-refractivity contribution in [2.24, 2.45) is 0 Å². The fraction of sp³-hybridized carbons (Fsp3) is 0. The summed E-state index contributed by atoms with van der Waals surface area (Å²) in [5.41, 5.74) is 0. The molecule has 0 atom stereocenters. The van der Waals surface area contributed by atoms with Crippen LogP contribution in [0.4, 0.5) is 0 Å². The number of hydrogen-bond acceptors (Lipinski definition) is 2. The molecule has 0 spiro atoms. The average Bonchev–Trinajstić information content (AvgIpc) is 1.36. The van der Waals surface area contributed by atoms with E-state index in [1.54, 1.807) is 0 Å². The smallest absolute Gasteiger partial charge is 0.414 e. The summed E-state index contributed by atoms with van der Waals surface area (Å²) in [5.74, 6) is -3.65. The second-order valence-corrected chi connectivity index (χ2v) is 0.610. The van der Waals surface area contributed by atoms with Gasteiger partial charge in [0.1, 0.15) is 0 Å². The molecule has 0 heterocycles. The Kier molecular flexibility index (Phi) is 13.9. The van der Waals surface area contributed by atoms with Crippen LogP contribution in [0.3, 0.4) is 0 Å². The molecule has 0 fully saturated rings. The predicted molar refractivity (Wildman–Crippen MR) is 15.3 cm³/mol. The van der Waals surface area contributed by atoms with E-state index < -0.39 is 11.9 Å². The molecule has 0 unspecified atom stereocenters. The molecular formula is C2H2CoO4Zn. The van der Waals surface area contributed by atoms with E-state index >= 15 is 0 Å². The molecule has 0 aliphatic heterocycles. The summed E-state index contributed by atoms with van der Waals surface area (Å²) in [6.07, 6.45) is 0. The van der Waals surface area contributed by atoms with E-state index in [0.29, 0.717) is 0 Å². The molecule has 6 heteroatoms. The summed E-state index contributed by atoms with van der Waals surface area (Å²) in [5, 5.41) is 14.8. The molecular weight excluding hydrogens is 212 g/mol. The van der Waals surface area contributed by atoms with Gasteiger partial charge in [-0.15, -0.1) is 0 Å². The molecule has 0 aromatic carbocycles. The molecule has 4 nitrogen and oxygen atoms in total. The van der Waals surface area contributed by atoms with Gasteiger partial charge >= 0.3 is 11.9 Å². The number of carboxylic acid groups (broad SMARTS) is 2. The van der Waals surface area contributed by atoms with Crippen LogP contribution in [0.25, 0.3) is 0 Å². The van der Waals surface area contributed by atoms with Crippen LogP contribution in [0.1, 0.15) is 0 Å². The van der Waals surface area contributed by atoms with E-state index in [4.69, 9.17) is 19.8 Å². The zero-order chi connectivity index (χ0) is 5.15. The zero-order valence-corrected chi connectivity index (χ0v) is 7.76. The number of carbonyl (C=O) groups is 2. The first-order chi connectivity index (χ1) is 2.64. The van der Waals surface area contributed by atoms with Crippen LogP contribution in [-0.2, 0) is 45.8 Å². The molecule has 0 aliphatic rings. The van der Waals surface area contributed by atoms with E-state index in [9.17, 15) is 0 Å². The molecule has 8 heavy (non-hydrogen) atoms. The first-order valence-corrected chi connectivity index (χ1v) is 1.11. The summed E-state index contributed by atoms with van der Waals surface area (Å²) >= 11 is 0. The monoisotopic (exact) mass is 213 g/mol. The van der Waals surface area contributed by atoms with Crippen LogP contribution in [0, 0.1) is 0 Å². The molecule has 0 bridgehead atoms. The fourth-order valence-electron chi connectivity index (χ4n) is 0. The van der Waals surface area contributed by atoms with E-state index in [0.717, 1.165) is 0 Å². The minimum absolute atomic E-state index is 0. The van der Waals surface area contributed by atoms with Gasteiger partial charge < -0.3 is 10.2 Å². The predicted octanol–water partition coefficient (Wildman–Crippen LogP) is -0.849. The van der Waals surface area contributed by atoms with Crippen molar-refractivity contribution in [3.8, 4) is 0 Å². The maximum Gasteiger partial charge on any atom is 0.414 e. The standard InChI is InChI=1S/C2H2O4.Co.Zn/c3-1(4)2(5)6;;/h(H,3,4)(H,5,6);;. The van der Waals surface area contributed by atoms with Crippen LogP contribution in [0.15, 0.2) is 0 Å². The van der Waals surface area contributed by atoms with Gasteiger partial charge in [-0.25, -0.2) is 9.59 Å². The van der Waals surface area contributed by atoms with Crippen molar-refractivity contribution in [1.29, 1.82) is 0 Å². The van der Waals surface area contributed by atoms with Gasteiger partial charge in [-0.05, 0) is 0 Å². The van der Waals surface area contributed by atoms with Gasteiger partial charge in [0.25, 0.3) is 0 Å². The zero-order valence-electron chi connectivity index (χ0n) is 3.75. The molecule has 0 saturated carbocycles. The largest absolute Gasteiger partial charge is 0.473 e. The minimum Gasteiger partial charge on any atom is -0.473 e. The Morgan fingerprint density at radius 1 is 1.00 bits per heavy atom. The van der Waals surface area contributed by atoms with Crippen LogP contribution < -0.4 is 0 Å². The van der Waals surface area contributed by atoms with Crippen molar-refractivity contribution in [3.05, 3.63) is 0 Å². The van der Waals surface area contributed by atoms with Crippen molar-refractivity contribution in [2.45, 2.75) is 0 Å². The summed E-state index contributed by atoms with van der Waals surface area (Å²) in [6, 6.07) is 0. The van der Waals surface area contributed by atoms with E-state index in [2.05, 4.69) is 0 Å². The summed E-state index contributed by atoms with van der Waals surface area (Å²) in [7, 11) is 0. The summed E-state index contributed by atoms with van der Waals surface area (Å²) in [4.78, 5) is 18.2. The maximum absolute atomic E-state index is 9.10. The van der Waals surface area contributed by atoms with Crippen molar-refractivity contribution >= 4 is 11.9 Å². The minimum atomic E-state index is -1.82. The van der Waals surface area contributed by atoms with Crippen molar-refractivity contribution < 1.29 is 56.1 Å². The molecule has 45 valence electrons. The summed E-state index contributed by atoms with van der Waals surface area (Å²) in [6.45, 7) is 0. The first kappa shape index (κ1) is 15.7. The molecule has 2 N–H and O–H groups in total. The third-order valence-corrected chi connectivity index (χ3v) is 0.183. The molecule has 0 saturated heterocycles. The molecule has 0 amide bonds. The molecule has 0 aromatic rings.